The first-order valence-corrected chi connectivity index (χ1v) is 17.2. The van der Waals surface area contributed by atoms with E-state index in [0.29, 0.717) is 11.8 Å². The van der Waals surface area contributed by atoms with Crippen LogP contribution in [0.25, 0.3) is 60.0 Å². The van der Waals surface area contributed by atoms with E-state index in [0.717, 1.165) is 5.56 Å². The SMILES string of the molecule is CC12CCC(C)(CC1)c1cc3c(cc12)c1c2ccc(-c4ccccc4)cc2cc2c4c5c(c(C#N)cc4n3c21)C1CCC5CC1. The van der Waals surface area contributed by atoms with Gasteiger partial charge in [-0.25, -0.2) is 0 Å². The fourth-order valence-electron chi connectivity index (χ4n) is 10.9. The van der Waals surface area contributed by atoms with Crippen LogP contribution in [0.2, 0.25) is 0 Å². The lowest BCUT2D eigenvalue weighted by Crippen LogP contribution is -2.44. The Hall–Kier alpha value is -4.35. The summed E-state index contributed by atoms with van der Waals surface area (Å²) in [5, 5.41) is 18.8. The van der Waals surface area contributed by atoms with Crippen molar-refractivity contribution in [2.75, 3.05) is 0 Å². The van der Waals surface area contributed by atoms with E-state index in [2.05, 4.69) is 97.1 Å². The highest BCUT2D eigenvalue weighted by Gasteiger charge is 2.48. The maximum atomic E-state index is 10.6. The average Bonchev–Trinajstić information content (AvgIpc) is 3.60. The number of aromatic nitrogens is 1. The zero-order chi connectivity index (χ0) is 29.8. The standard InChI is InChI=1S/C43H36N2/c1-42-14-16-43(2,17-15-42)34-22-35-31(21-33(34)42)39-30-13-12-27(24-6-4-3-5-7-24)18-28(30)19-32-40-36(45(35)41(32)39)20-29(23-44)37-25-8-10-26(11-9-25)38(37)40/h3-7,12-13,18-22,25-26H,8-11,14-17H2,1-2H3. The van der Waals surface area contributed by atoms with Crippen LogP contribution in [-0.2, 0) is 10.8 Å². The van der Waals surface area contributed by atoms with Gasteiger partial charge in [0.2, 0.25) is 0 Å². The molecule has 0 N–H and O–H groups in total. The van der Waals surface area contributed by atoms with Gasteiger partial charge in [-0.2, -0.15) is 5.26 Å². The van der Waals surface area contributed by atoms with Crippen LogP contribution in [0.4, 0.5) is 0 Å². The predicted molar refractivity (Wildman–Crippen MR) is 186 cm³/mol. The van der Waals surface area contributed by atoms with Crippen LogP contribution in [0.1, 0.15) is 105 Å². The summed E-state index contributed by atoms with van der Waals surface area (Å²) in [5.74, 6) is 1.09. The van der Waals surface area contributed by atoms with Gasteiger partial charge < -0.3 is 4.40 Å². The Morgan fingerprint density at radius 2 is 1.33 bits per heavy atom. The van der Waals surface area contributed by atoms with Crippen LogP contribution in [0.3, 0.4) is 0 Å². The molecular formula is C43H36N2. The average molecular weight is 581 g/mol. The molecule has 0 amide bonds. The second-order valence-electron chi connectivity index (χ2n) is 15.6. The van der Waals surface area contributed by atoms with Gasteiger partial charge in [-0.3, -0.25) is 0 Å². The molecular weight excluding hydrogens is 544 g/mol. The van der Waals surface area contributed by atoms with E-state index in [1.807, 2.05) is 0 Å². The number of hydrogen-bond acceptors (Lipinski definition) is 1. The maximum Gasteiger partial charge on any atom is 0.0995 e. The summed E-state index contributed by atoms with van der Waals surface area (Å²) in [6, 6.07) is 30.6. The molecule has 6 aliphatic rings. The van der Waals surface area contributed by atoms with Crippen molar-refractivity contribution in [3.63, 3.8) is 0 Å². The summed E-state index contributed by atoms with van der Waals surface area (Å²) < 4.78 is 2.59. The number of nitriles is 1. The molecule has 13 rings (SSSR count). The molecule has 0 radical (unpaired) electrons. The molecule has 2 heteroatoms. The summed E-state index contributed by atoms with van der Waals surface area (Å²) in [4.78, 5) is 0. The molecule has 0 aliphatic heterocycles. The second-order valence-corrected chi connectivity index (χ2v) is 15.6. The van der Waals surface area contributed by atoms with Gasteiger partial charge in [0.1, 0.15) is 0 Å². The van der Waals surface area contributed by atoms with Crippen LogP contribution in [-0.4, -0.2) is 4.40 Å². The molecule has 5 aromatic carbocycles. The molecule has 2 aromatic heterocycles. The number of rotatable bonds is 1. The lowest BCUT2D eigenvalue weighted by atomic mass is 9.52. The molecule has 0 atom stereocenters. The van der Waals surface area contributed by atoms with Crippen LogP contribution >= 0.6 is 0 Å². The van der Waals surface area contributed by atoms with Gasteiger partial charge in [0.25, 0.3) is 0 Å². The van der Waals surface area contributed by atoms with Crippen LogP contribution in [0.15, 0.2) is 72.8 Å². The van der Waals surface area contributed by atoms with Crippen molar-refractivity contribution in [3.05, 3.63) is 101 Å². The number of nitrogens with zero attached hydrogens (tertiary/aromatic N) is 2. The Morgan fingerprint density at radius 1 is 0.644 bits per heavy atom. The number of fused-ring (bicyclic) bond motifs is 12. The third kappa shape index (κ3) is 2.92. The highest BCUT2D eigenvalue weighted by Crippen LogP contribution is 2.59. The van der Waals surface area contributed by atoms with E-state index in [4.69, 9.17) is 0 Å². The number of hydrogen-bond donors (Lipinski definition) is 0. The fourth-order valence-corrected chi connectivity index (χ4v) is 10.9. The van der Waals surface area contributed by atoms with E-state index < -0.39 is 0 Å². The van der Waals surface area contributed by atoms with Crippen molar-refractivity contribution in [1.82, 2.24) is 4.40 Å². The van der Waals surface area contributed by atoms with Crippen molar-refractivity contribution < 1.29 is 0 Å². The lowest BCUT2D eigenvalue weighted by molar-refractivity contribution is 0.188. The topological polar surface area (TPSA) is 28.2 Å². The van der Waals surface area contributed by atoms with Crippen molar-refractivity contribution in [2.24, 2.45) is 0 Å². The quantitative estimate of drug-likeness (QED) is 0.190. The van der Waals surface area contributed by atoms with Gasteiger partial charge in [-0.15, -0.1) is 0 Å². The molecule has 45 heavy (non-hydrogen) atoms. The Bertz CT molecular complexity index is 2470. The van der Waals surface area contributed by atoms with Gasteiger partial charge in [-0.1, -0.05) is 56.3 Å². The van der Waals surface area contributed by atoms with E-state index in [1.54, 1.807) is 11.1 Å². The Labute approximate surface area is 263 Å². The summed E-state index contributed by atoms with van der Waals surface area (Å²) in [7, 11) is 0. The smallest absolute Gasteiger partial charge is 0.0995 e. The Balaban J connectivity index is 1.37. The van der Waals surface area contributed by atoms with Crippen LogP contribution in [0, 0.1) is 11.3 Å². The van der Waals surface area contributed by atoms with Gasteiger partial charge in [-0.05, 0) is 149 Å². The lowest BCUT2D eigenvalue weighted by Gasteiger charge is -2.52. The molecule has 2 nitrogen and oxygen atoms in total. The Kier molecular flexibility index (Phi) is 4.47. The van der Waals surface area contributed by atoms with Gasteiger partial charge >= 0.3 is 0 Å². The maximum absolute atomic E-state index is 10.6. The normalized spacial score (nSPS) is 26.8. The summed E-state index contributed by atoms with van der Waals surface area (Å²) in [6.07, 6.45) is 10.1. The monoisotopic (exact) mass is 580 g/mol. The first kappa shape index (κ1) is 24.9. The van der Waals surface area contributed by atoms with Gasteiger partial charge in [0, 0.05) is 21.5 Å². The molecule has 2 saturated carbocycles. The zero-order valence-electron chi connectivity index (χ0n) is 26.1. The molecule has 218 valence electrons. The van der Waals surface area contributed by atoms with E-state index in [-0.39, 0.29) is 10.8 Å². The third-order valence-electron chi connectivity index (χ3n) is 13.4. The molecule has 0 unspecified atom stereocenters. The number of benzene rings is 5. The fraction of sp³-hybridized carbons (Fsp3) is 0.326. The summed E-state index contributed by atoms with van der Waals surface area (Å²) in [5.41, 5.74) is 14.0. The minimum absolute atomic E-state index is 0.252. The first-order chi connectivity index (χ1) is 22.0. The summed E-state index contributed by atoms with van der Waals surface area (Å²) in [6.45, 7) is 5.04. The van der Waals surface area contributed by atoms with Gasteiger partial charge in [0.15, 0.2) is 0 Å². The molecule has 6 aliphatic carbocycles. The minimum Gasteiger partial charge on any atom is -0.308 e. The van der Waals surface area contributed by atoms with Crippen molar-refractivity contribution in [3.8, 4) is 17.2 Å². The van der Waals surface area contributed by atoms with E-state index >= 15 is 0 Å². The van der Waals surface area contributed by atoms with Gasteiger partial charge in [0.05, 0.1) is 28.2 Å². The van der Waals surface area contributed by atoms with Crippen LogP contribution < -0.4 is 0 Å². The minimum atomic E-state index is 0.252. The molecule has 2 fully saturated rings. The third-order valence-corrected chi connectivity index (χ3v) is 13.4. The van der Waals surface area contributed by atoms with Crippen LogP contribution in [0.5, 0.6) is 0 Å². The molecule has 0 saturated heterocycles. The van der Waals surface area contributed by atoms with Crippen molar-refractivity contribution in [2.45, 2.75) is 87.9 Å². The Morgan fingerprint density at radius 3 is 2.04 bits per heavy atom. The van der Waals surface area contributed by atoms with E-state index in [9.17, 15) is 5.26 Å². The van der Waals surface area contributed by atoms with E-state index in [1.165, 1.54) is 122 Å². The molecule has 4 bridgehead atoms. The first-order valence-electron chi connectivity index (χ1n) is 17.2. The zero-order valence-corrected chi connectivity index (χ0v) is 26.1. The summed E-state index contributed by atoms with van der Waals surface area (Å²) >= 11 is 0. The molecule has 7 aromatic rings. The highest BCUT2D eigenvalue weighted by molar-refractivity contribution is 6.32. The van der Waals surface area contributed by atoms with Crippen molar-refractivity contribution in [1.29, 1.82) is 5.26 Å². The second kappa shape index (κ2) is 8.07. The highest BCUT2D eigenvalue weighted by atomic mass is 14.9. The molecule has 2 heterocycles. The largest absolute Gasteiger partial charge is 0.308 e. The molecule has 0 spiro atoms. The predicted octanol–water partition coefficient (Wildman–Crippen LogP) is 11.4. The van der Waals surface area contributed by atoms with Crippen molar-refractivity contribution >= 4 is 48.9 Å².